The summed E-state index contributed by atoms with van der Waals surface area (Å²) in [6.45, 7) is 0.00886. The minimum atomic E-state index is -1.31. The van der Waals surface area contributed by atoms with Gasteiger partial charge in [0.25, 0.3) is 5.56 Å². The van der Waals surface area contributed by atoms with E-state index < -0.39 is 35.8 Å². The largest absolute Gasteiger partial charge is 0.498 e. The predicted octanol–water partition coefficient (Wildman–Crippen LogP) is -0.962. The third-order valence-electron chi connectivity index (χ3n) is 2.87. The van der Waals surface area contributed by atoms with Crippen LogP contribution in [-0.2, 0) is 9.47 Å². The van der Waals surface area contributed by atoms with Crippen LogP contribution in [0.4, 0.5) is 0 Å². The molecule has 0 aromatic carbocycles. The van der Waals surface area contributed by atoms with Gasteiger partial charge in [0.05, 0.1) is 6.26 Å². The highest BCUT2D eigenvalue weighted by Crippen LogP contribution is 2.28. The van der Waals surface area contributed by atoms with Gasteiger partial charge in [0, 0.05) is 17.2 Å². The Bertz CT molecular complexity index is 597. The molecule has 3 N–H and O–H groups in total. The molecule has 0 bridgehead atoms. The van der Waals surface area contributed by atoms with Crippen molar-refractivity contribution in [1.82, 2.24) is 9.55 Å². The molecule has 9 heteroatoms. The van der Waals surface area contributed by atoms with Crippen LogP contribution in [0.3, 0.4) is 0 Å². The van der Waals surface area contributed by atoms with Crippen molar-refractivity contribution < 1.29 is 19.7 Å². The highest BCUT2D eigenvalue weighted by molar-refractivity contribution is 9.11. The topological polar surface area (TPSA) is 114 Å². The summed E-state index contributed by atoms with van der Waals surface area (Å²) < 4.78 is 11.5. The van der Waals surface area contributed by atoms with Crippen LogP contribution in [0.15, 0.2) is 33.1 Å². The quantitative estimate of drug-likeness (QED) is 0.604. The molecule has 0 spiro atoms. The molecular formula is C11H13BrN2O6. The molecule has 0 saturated carbocycles. The van der Waals surface area contributed by atoms with E-state index in [1.807, 2.05) is 4.98 Å². The molecule has 20 heavy (non-hydrogen) atoms. The zero-order valence-corrected chi connectivity index (χ0v) is 11.8. The Balaban J connectivity index is 2.17. The Labute approximate surface area is 121 Å². The molecule has 1 aliphatic heterocycles. The van der Waals surface area contributed by atoms with Gasteiger partial charge in [0.2, 0.25) is 0 Å². The summed E-state index contributed by atoms with van der Waals surface area (Å²) in [5, 5.41) is 19.8. The SMILES string of the molecule is O=c1ccn([C@@H]2O[C@H](COC=CBr)[C@@H](O)[C@H]2O)c(=O)[nH]1. The number of aliphatic hydroxyl groups is 2. The third-order valence-corrected chi connectivity index (χ3v) is 3.09. The van der Waals surface area contributed by atoms with Crippen LogP contribution in [0, 0.1) is 0 Å². The lowest BCUT2D eigenvalue weighted by molar-refractivity contribution is -0.0568. The van der Waals surface area contributed by atoms with Crippen molar-refractivity contribution in [1.29, 1.82) is 0 Å². The number of rotatable bonds is 4. The van der Waals surface area contributed by atoms with E-state index in [1.54, 1.807) is 0 Å². The summed E-state index contributed by atoms with van der Waals surface area (Å²) in [6.07, 6.45) is -1.85. The molecule has 1 saturated heterocycles. The van der Waals surface area contributed by atoms with Crippen LogP contribution in [0.5, 0.6) is 0 Å². The van der Waals surface area contributed by atoms with E-state index in [0.29, 0.717) is 0 Å². The Morgan fingerprint density at radius 2 is 2.20 bits per heavy atom. The number of halogens is 1. The van der Waals surface area contributed by atoms with Crippen molar-refractivity contribution in [3.05, 3.63) is 44.3 Å². The lowest BCUT2D eigenvalue weighted by Crippen LogP contribution is -2.37. The monoisotopic (exact) mass is 348 g/mol. The van der Waals surface area contributed by atoms with Crippen LogP contribution in [0.1, 0.15) is 6.23 Å². The van der Waals surface area contributed by atoms with Gasteiger partial charge in [0.15, 0.2) is 6.23 Å². The molecule has 0 aliphatic carbocycles. The van der Waals surface area contributed by atoms with Crippen LogP contribution in [-0.4, -0.2) is 44.7 Å². The standard InChI is InChI=1S/C11H13BrN2O6/c12-2-4-19-5-6-8(16)9(17)10(20-6)14-3-1-7(15)13-11(14)18/h1-4,6,8-10,16-17H,5H2,(H,13,15,18)/t6-,8-,9-,10-/m1/s1. The van der Waals surface area contributed by atoms with Gasteiger partial charge < -0.3 is 19.7 Å². The second-order valence-corrected chi connectivity index (χ2v) is 4.69. The summed E-state index contributed by atoms with van der Waals surface area (Å²) >= 11 is 3.01. The predicted molar refractivity (Wildman–Crippen MR) is 71.3 cm³/mol. The van der Waals surface area contributed by atoms with Crippen molar-refractivity contribution in [3.8, 4) is 0 Å². The van der Waals surface area contributed by atoms with Crippen LogP contribution in [0.2, 0.25) is 0 Å². The van der Waals surface area contributed by atoms with E-state index >= 15 is 0 Å². The van der Waals surface area contributed by atoms with Gasteiger partial charge in [-0.15, -0.1) is 0 Å². The van der Waals surface area contributed by atoms with Gasteiger partial charge in [-0.25, -0.2) is 4.79 Å². The first kappa shape index (κ1) is 15.0. The van der Waals surface area contributed by atoms with Crippen molar-refractivity contribution in [3.63, 3.8) is 0 Å². The van der Waals surface area contributed by atoms with Gasteiger partial charge in [-0.2, -0.15) is 0 Å². The summed E-state index contributed by atoms with van der Waals surface area (Å²) in [4.78, 5) is 26.2. The number of aromatic amines is 1. The number of hydrogen-bond donors (Lipinski definition) is 3. The molecule has 1 aromatic heterocycles. The smallest absolute Gasteiger partial charge is 0.330 e. The molecule has 2 rings (SSSR count). The second kappa shape index (κ2) is 6.35. The van der Waals surface area contributed by atoms with E-state index in [4.69, 9.17) is 9.47 Å². The van der Waals surface area contributed by atoms with Gasteiger partial charge in [-0.1, -0.05) is 15.9 Å². The summed E-state index contributed by atoms with van der Waals surface area (Å²) in [7, 11) is 0. The number of nitrogens with zero attached hydrogens (tertiary/aromatic N) is 1. The van der Waals surface area contributed by atoms with E-state index in [9.17, 15) is 19.8 Å². The van der Waals surface area contributed by atoms with E-state index in [-0.39, 0.29) is 6.61 Å². The first-order valence-electron chi connectivity index (χ1n) is 5.74. The van der Waals surface area contributed by atoms with Gasteiger partial charge in [-0.05, 0) is 0 Å². The Kier molecular flexibility index (Phi) is 4.76. The highest BCUT2D eigenvalue weighted by atomic mass is 79.9. The third kappa shape index (κ3) is 3.01. The average molecular weight is 349 g/mol. The normalized spacial score (nSPS) is 29.9. The van der Waals surface area contributed by atoms with Crippen LogP contribution < -0.4 is 11.2 Å². The van der Waals surface area contributed by atoms with Gasteiger partial charge >= 0.3 is 5.69 Å². The molecule has 0 radical (unpaired) electrons. The van der Waals surface area contributed by atoms with E-state index in [1.165, 1.54) is 17.4 Å². The van der Waals surface area contributed by atoms with E-state index in [2.05, 4.69) is 15.9 Å². The van der Waals surface area contributed by atoms with Gasteiger partial charge in [0.1, 0.15) is 24.9 Å². The summed E-state index contributed by atoms with van der Waals surface area (Å²) in [5.41, 5.74) is -1.28. The number of hydrogen-bond acceptors (Lipinski definition) is 6. The first-order valence-corrected chi connectivity index (χ1v) is 6.66. The lowest BCUT2D eigenvalue weighted by atomic mass is 10.1. The number of aliphatic hydroxyl groups excluding tert-OH is 2. The average Bonchev–Trinajstić information content (AvgIpc) is 2.68. The van der Waals surface area contributed by atoms with Crippen molar-refractivity contribution in [2.75, 3.05) is 6.61 Å². The minimum Gasteiger partial charge on any atom is -0.498 e. The molecule has 1 fully saturated rings. The molecule has 0 unspecified atom stereocenters. The molecule has 0 amide bonds. The molecule has 1 aliphatic rings. The van der Waals surface area contributed by atoms with E-state index in [0.717, 1.165) is 10.6 Å². The number of aromatic nitrogens is 2. The van der Waals surface area contributed by atoms with Gasteiger partial charge in [-0.3, -0.25) is 14.3 Å². The van der Waals surface area contributed by atoms with Crippen molar-refractivity contribution in [2.45, 2.75) is 24.5 Å². The van der Waals surface area contributed by atoms with Crippen LogP contribution >= 0.6 is 15.9 Å². The number of ether oxygens (including phenoxy) is 2. The maximum atomic E-state index is 11.6. The Hall–Kier alpha value is -1.42. The highest BCUT2D eigenvalue weighted by Gasteiger charge is 2.44. The van der Waals surface area contributed by atoms with Crippen molar-refractivity contribution >= 4 is 15.9 Å². The Morgan fingerprint density at radius 1 is 1.45 bits per heavy atom. The number of H-pyrrole nitrogens is 1. The molecule has 2 heterocycles. The van der Waals surface area contributed by atoms with Crippen molar-refractivity contribution in [2.24, 2.45) is 0 Å². The molecule has 110 valence electrons. The zero-order valence-electron chi connectivity index (χ0n) is 10.2. The fourth-order valence-corrected chi connectivity index (χ4v) is 2.06. The molecular weight excluding hydrogens is 336 g/mol. The fourth-order valence-electron chi connectivity index (χ4n) is 1.91. The maximum Gasteiger partial charge on any atom is 0.330 e. The molecule has 1 aromatic rings. The zero-order chi connectivity index (χ0) is 14.7. The lowest BCUT2D eigenvalue weighted by Gasteiger charge is -2.16. The summed E-state index contributed by atoms with van der Waals surface area (Å²) in [5.74, 6) is 0. The number of nitrogens with one attached hydrogen (secondary N) is 1. The minimum absolute atomic E-state index is 0.00886. The second-order valence-electron chi connectivity index (χ2n) is 4.16. The fraction of sp³-hybridized carbons (Fsp3) is 0.455. The first-order chi connectivity index (χ1) is 9.54. The Morgan fingerprint density at radius 3 is 2.85 bits per heavy atom. The van der Waals surface area contributed by atoms with Crippen LogP contribution in [0.25, 0.3) is 0 Å². The summed E-state index contributed by atoms with van der Waals surface area (Å²) in [6, 6.07) is 1.13. The molecule has 8 nitrogen and oxygen atoms in total. The molecule has 4 atom stereocenters. The maximum absolute atomic E-state index is 11.6.